The van der Waals surface area contributed by atoms with E-state index in [0.717, 1.165) is 5.56 Å². The molecule has 4 nitrogen and oxygen atoms in total. The van der Waals surface area contributed by atoms with Crippen LogP contribution in [0.5, 0.6) is 5.75 Å². The van der Waals surface area contributed by atoms with Gasteiger partial charge in [-0.05, 0) is 24.6 Å². The van der Waals surface area contributed by atoms with Crippen molar-refractivity contribution >= 4 is 16.9 Å². The molecular weight excluding hydrogens is 268 g/mol. The Morgan fingerprint density at radius 2 is 2.00 bits per heavy atom. The number of ether oxygens (including phenoxy) is 1. The third-order valence-corrected chi connectivity index (χ3v) is 3.28. The number of phenolic OH excluding ortho intramolecular Hbond substituents is 1. The molecule has 0 spiro atoms. The number of phenols is 1. The summed E-state index contributed by atoms with van der Waals surface area (Å²) in [5.41, 5.74) is 2.24. The standard InChI is InChI=1S/C17H14O4/c1-2-20-17(19)13-10-14(18)12-8-9-21-16(12)15(13)11-6-4-3-5-7-11/h3-10,18H,2H2,1H3. The fourth-order valence-corrected chi connectivity index (χ4v) is 2.37. The minimum absolute atomic E-state index is 0.00137. The molecule has 0 aliphatic carbocycles. The molecule has 2 aromatic carbocycles. The Bertz CT molecular complexity index is 787. The first-order valence-corrected chi connectivity index (χ1v) is 6.68. The number of hydrogen-bond donors (Lipinski definition) is 1. The van der Waals surface area contributed by atoms with E-state index in [9.17, 15) is 9.90 Å². The van der Waals surface area contributed by atoms with Crippen molar-refractivity contribution in [3.8, 4) is 16.9 Å². The Balaban J connectivity index is 2.33. The van der Waals surface area contributed by atoms with E-state index < -0.39 is 5.97 Å². The van der Waals surface area contributed by atoms with Gasteiger partial charge in [-0.15, -0.1) is 0 Å². The highest BCUT2D eigenvalue weighted by Gasteiger charge is 2.21. The number of hydrogen-bond acceptors (Lipinski definition) is 4. The van der Waals surface area contributed by atoms with Gasteiger partial charge in [0.15, 0.2) is 0 Å². The molecule has 0 aliphatic rings. The van der Waals surface area contributed by atoms with E-state index in [1.807, 2.05) is 30.3 Å². The lowest BCUT2D eigenvalue weighted by Crippen LogP contribution is -2.06. The first-order valence-electron chi connectivity index (χ1n) is 6.68. The monoisotopic (exact) mass is 282 g/mol. The lowest BCUT2D eigenvalue weighted by atomic mass is 9.97. The largest absolute Gasteiger partial charge is 0.507 e. The minimum Gasteiger partial charge on any atom is -0.507 e. The van der Waals surface area contributed by atoms with Crippen LogP contribution in [0.3, 0.4) is 0 Å². The topological polar surface area (TPSA) is 59.7 Å². The molecule has 3 aromatic rings. The third-order valence-electron chi connectivity index (χ3n) is 3.28. The number of esters is 1. The van der Waals surface area contributed by atoms with Crippen molar-refractivity contribution in [2.24, 2.45) is 0 Å². The summed E-state index contributed by atoms with van der Waals surface area (Å²) in [5, 5.41) is 10.6. The highest BCUT2D eigenvalue weighted by atomic mass is 16.5. The number of fused-ring (bicyclic) bond motifs is 1. The second-order valence-corrected chi connectivity index (χ2v) is 4.57. The Kier molecular flexibility index (Phi) is 3.36. The highest BCUT2D eigenvalue weighted by Crippen LogP contribution is 2.38. The van der Waals surface area contributed by atoms with Crippen LogP contribution in [0.2, 0.25) is 0 Å². The number of benzene rings is 2. The van der Waals surface area contributed by atoms with Crippen LogP contribution in [-0.2, 0) is 4.74 Å². The first kappa shape index (κ1) is 13.2. The molecule has 0 saturated carbocycles. The van der Waals surface area contributed by atoms with Crippen molar-refractivity contribution < 1.29 is 19.1 Å². The Morgan fingerprint density at radius 1 is 1.24 bits per heavy atom. The van der Waals surface area contributed by atoms with Crippen molar-refractivity contribution in [1.82, 2.24) is 0 Å². The van der Waals surface area contributed by atoms with Crippen LogP contribution >= 0.6 is 0 Å². The van der Waals surface area contributed by atoms with Gasteiger partial charge in [-0.1, -0.05) is 30.3 Å². The zero-order valence-corrected chi connectivity index (χ0v) is 11.5. The number of carbonyl (C=O) groups is 1. The van der Waals surface area contributed by atoms with Crippen molar-refractivity contribution in [3.05, 3.63) is 54.3 Å². The summed E-state index contributed by atoms with van der Waals surface area (Å²) in [6, 6.07) is 12.5. The molecule has 0 amide bonds. The van der Waals surface area contributed by atoms with Gasteiger partial charge in [0.2, 0.25) is 0 Å². The molecule has 0 atom stereocenters. The van der Waals surface area contributed by atoms with Gasteiger partial charge < -0.3 is 14.3 Å². The molecule has 1 aromatic heterocycles. The Labute approximate surface area is 121 Å². The molecule has 21 heavy (non-hydrogen) atoms. The zero-order valence-electron chi connectivity index (χ0n) is 11.5. The lowest BCUT2D eigenvalue weighted by Gasteiger charge is -2.11. The van der Waals surface area contributed by atoms with Gasteiger partial charge >= 0.3 is 5.97 Å². The second-order valence-electron chi connectivity index (χ2n) is 4.57. The zero-order chi connectivity index (χ0) is 14.8. The lowest BCUT2D eigenvalue weighted by molar-refractivity contribution is 0.0527. The van der Waals surface area contributed by atoms with E-state index in [1.165, 1.54) is 12.3 Å². The predicted octanol–water partition coefficient (Wildman–Crippen LogP) is 3.98. The highest BCUT2D eigenvalue weighted by molar-refractivity contribution is 6.08. The summed E-state index contributed by atoms with van der Waals surface area (Å²) in [6.07, 6.45) is 1.49. The number of furan rings is 1. The number of rotatable bonds is 3. The van der Waals surface area contributed by atoms with Crippen LogP contribution in [0, 0.1) is 0 Å². The minimum atomic E-state index is -0.482. The van der Waals surface area contributed by atoms with E-state index in [0.29, 0.717) is 22.1 Å². The molecule has 106 valence electrons. The molecule has 0 fully saturated rings. The van der Waals surface area contributed by atoms with Crippen molar-refractivity contribution in [2.75, 3.05) is 6.61 Å². The maximum atomic E-state index is 12.2. The predicted molar refractivity (Wildman–Crippen MR) is 79.3 cm³/mol. The second kappa shape index (κ2) is 5.32. The maximum Gasteiger partial charge on any atom is 0.339 e. The van der Waals surface area contributed by atoms with E-state index in [4.69, 9.17) is 9.15 Å². The van der Waals surface area contributed by atoms with Crippen LogP contribution in [0.1, 0.15) is 17.3 Å². The Morgan fingerprint density at radius 3 is 2.71 bits per heavy atom. The summed E-state index contributed by atoms with van der Waals surface area (Å²) < 4.78 is 10.6. The van der Waals surface area contributed by atoms with Crippen molar-refractivity contribution in [1.29, 1.82) is 0 Å². The molecular formula is C17H14O4. The van der Waals surface area contributed by atoms with Crippen molar-refractivity contribution in [2.45, 2.75) is 6.92 Å². The average Bonchev–Trinajstić information content (AvgIpc) is 2.98. The number of carbonyl (C=O) groups excluding carboxylic acids is 1. The molecule has 1 heterocycles. The summed E-state index contributed by atoms with van der Waals surface area (Å²) >= 11 is 0. The molecule has 1 N–H and O–H groups in total. The molecule has 4 heteroatoms. The fourth-order valence-electron chi connectivity index (χ4n) is 2.37. The summed E-state index contributed by atoms with van der Waals surface area (Å²) in [5.74, 6) is -0.480. The third kappa shape index (κ3) is 2.25. The Hall–Kier alpha value is -2.75. The molecule has 3 rings (SSSR count). The van der Waals surface area contributed by atoms with Gasteiger partial charge in [0.05, 0.1) is 23.8 Å². The average molecular weight is 282 g/mol. The smallest absolute Gasteiger partial charge is 0.339 e. The van der Waals surface area contributed by atoms with Gasteiger partial charge in [-0.3, -0.25) is 0 Å². The maximum absolute atomic E-state index is 12.2. The number of aromatic hydroxyl groups is 1. The van der Waals surface area contributed by atoms with Gasteiger partial charge in [-0.25, -0.2) is 4.79 Å². The molecule has 0 bridgehead atoms. The van der Waals surface area contributed by atoms with Crippen LogP contribution in [0.15, 0.2) is 53.1 Å². The van der Waals surface area contributed by atoms with Crippen LogP contribution in [-0.4, -0.2) is 17.7 Å². The van der Waals surface area contributed by atoms with Crippen LogP contribution < -0.4 is 0 Å². The summed E-state index contributed by atoms with van der Waals surface area (Å²) in [6.45, 7) is 2.01. The van der Waals surface area contributed by atoms with Crippen LogP contribution in [0.4, 0.5) is 0 Å². The fraction of sp³-hybridized carbons (Fsp3) is 0.118. The molecule has 0 radical (unpaired) electrons. The molecule has 0 saturated heterocycles. The van der Waals surface area contributed by atoms with Crippen LogP contribution in [0.25, 0.3) is 22.1 Å². The summed E-state index contributed by atoms with van der Waals surface area (Å²) in [7, 11) is 0. The van der Waals surface area contributed by atoms with E-state index >= 15 is 0 Å². The van der Waals surface area contributed by atoms with Gasteiger partial charge in [0.25, 0.3) is 0 Å². The van der Waals surface area contributed by atoms with Gasteiger partial charge in [-0.2, -0.15) is 0 Å². The van der Waals surface area contributed by atoms with E-state index in [1.54, 1.807) is 13.0 Å². The first-order chi connectivity index (χ1) is 10.2. The van der Waals surface area contributed by atoms with Gasteiger partial charge in [0, 0.05) is 5.56 Å². The van der Waals surface area contributed by atoms with Gasteiger partial charge in [0.1, 0.15) is 11.3 Å². The van der Waals surface area contributed by atoms with E-state index in [-0.39, 0.29) is 12.4 Å². The van der Waals surface area contributed by atoms with E-state index in [2.05, 4.69) is 0 Å². The quantitative estimate of drug-likeness (QED) is 0.738. The van der Waals surface area contributed by atoms with Crippen molar-refractivity contribution in [3.63, 3.8) is 0 Å². The SMILES string of the molecule is CCOC(=O)c1cc(O)c2ccoc2c1-c1ccccc1. The molecule has 0 unspecified atom stereocenters. The normalized spacial score (nSPS) is 10.7. The molecule has 0 aliphatic heterocycles. The summed E-state index contributed by atoms with van der Waals surface area (Å²) in [4.78, 5) is 12.2.